The number of benzene rings is 1. The van der Waals surface area contributed by atoms with Gasteiger partial charge in [0.2, 0.25) is 17.5 Å². The summed E-state index contributed by atoms with van der Waals surface area (Å²) in [7, 11) is -2.66. The second-order valence-corrected chi connectivity index (χ2v) is 31.6. The van der Waals surface area contributed by atoms with E-state index in [0.29, 0.717) is 5.56 Å². The molecule has 2 bridgehead atoms. The van der Waals surface area contributed by atoms with Gasteiger partial charge in [-0.05, 0) is 42.1 Å². The van der Waals surface area contributed by atoms with Crippen LogP contribution in [0.4, 0.5) is 16.2 Å². The maximum absolute atomic E-state index is 16.9. The zero-order valence-corrected chi connectivity index (χ0v) is 43.6. The van der Waals surface area contributed by atoms with Gasteiger partial charge < -0.3 is 35.8 Å². The van der Waals surface area contributed by atoms with E-state index >= 15 is 4.39 Å². The van der Waals surface area contributed by atoms with Crippen LogP contribution in [0.25, 0.3) is 22.3 Å². The highest BCUT2D eigenvalue weighted by Gasteiger charge is 2.55. The fourth-order valence-corrected chi connectivity index (χ4v) is 13.6. The topological polar surface area (TPSA) is 308 Å². The molecule has 0 radical (unpaired) electrons. The van der Waals surface area contributed by atoms with Crippen LogP contribution in [0, 0.1) is 5.92 Å². The highest BCUT2D eigenvalue weighted by atomic mass is 32.9. The van der Waals surface area contributed by atoms with Gasteiger partial charge in [0.1, 0.15) is 30.0 Å². The highest BCUT2D eigenvalue weighted by Crippen LogP contribution is 2.63. The predicted molar refractivity (Wildman–Crippen MR) is 264 cm³/mol. The summed E-state index contributed by atoms with van der Waals surface area (Å²) in [5.74, 6) is -1.25. The lowest BCUT2D eigenvalue weighted by molar-refractivity contribution is -0.118. The van der Waals surface area contributed by atoms with E-state index in [-0.39, 0.29) is 63.9 Å². The quantitative estimate of drug-likeness (QED) is 0.0453. The van der Waals surface area contributed by atoms with Crippen LogP contribution in [0.3, 0.4) is 0 Å². The number of hydrogen-bond donors (Lipinski definition) is 7. The first-order chi connectivity index (χ1) is 30.5. The number of fused-ring (bicyclic) bond motifs is 5. The molecule has 3 aliphatic heterocycles. The molecule has 366 valence electrons. The monoisotopic (exact) mass is 1060 g/mol. The first-order valence-corrected chi connectivity index (χ1v) is 30.6. The van der Waals surface area contributed by atoms with Crippen molar-refractivity contribution in [3.8, 4) is 0 Å². The van der Waals surface area contributed by atoms with Crippen LogP contribution in [0.5, 0.6) is 0 Å². The molecule has 30 heteroatoms. The standard InChI is InChI=1S/C37H47FN10O10P2S4Si.2H3N/c1-18(2)31(49)45-36-44-30-24(33(51)46-36)42-17-48(30)35-27-26(58-65(6,7)37(3,4)5)21(64-35)14-54-60(62,63)57-25-20(13-53-59(52,61)56-27)55-34(22(25)38)47-16-41-23-28(39-15-40-29(23)47)43-32(50)19-11-9-8-10-12-19;;/h8-12,15-18,20-22,25-27,34-35H,13-14H2,1-7H3,(H,52,61)(H,62,63)(H,39,40,43,50)(H2,44,45,46,49,51);2*1H3/t20-,21-,22+,25-,26-,27-,34-,35-,59?;;/m1../s1. The van der Waals surface area contributed by atoms with Gasteiger partial charge >= 0.3 is 6.80 Å². The van der Waals surface area contributed by atoms with Crippen molar-refractivity contribution in [3.05, 3.63) is 65.2 Å². The molecule has 67 heavy (non-hydrogen) atoms. The Balaban J connectivity index is 0.00000370. The molecule has 22 nitrogen and oxygen atoms in total. The lowest BCUT2D eigenvalue weighted by Gasteiger charge is -2.41. The van der Waals surface area contributed by atoms with Crippen molar-refractivity contribution in [2.45, 2.75) is 100 Å². The van der Waals surface area contributed by atoms with Crippen LogP contribution >= 0.6 is 48.8 Å². The second kappa shape index (κ2) is 20.3. The zero-order chi connectivity index (χ0) is 46.8. The van der Waals surface area contributed by atoms with Gasteiger partial charge in [-0.1, -0.05) is 77.3 Å². The predicted octanol–water partition coefficient (Wildman–Crippen LogP) is 7.38. The minimum Gasteiger partial charge on any atom is -0.410 e. The van der Waals surface area contributed by atoms with E-state index in [1.807, 2.05) is 13.1 Å². The van der Waals surface area contributed by atoms with Crippen LogP contribution in [0.1, 0.15) is 56.6 Å². The summed E-state index contributed by atoms with van der Waals surface area (Å²) in [6.45, 7) is 8.49. The highest BCUT2D eigenvalue weighted by molar-refractivity contribution is 8.60. The molecule has 4 aromatic heterocycles. The Labute approximate surface area is 405 Å². The number of nitrogens with one attached hydrogen (secondary N) is 3. The van der Waals surface area contributed by atoms with Gasteiger partial charge in [-0.25, -0.2) is 28.9 Å². The number of aromatic nitrogens is 8. The van der Waals surface area contributed by atoms with Crippen molar-refractivity contribution < 1.29 is 45.8 Å². The normalized spacial score (nSPS) is 29.2. The summed E-state index contributed by atoms with van der Waals surface area (Å²) in [4.78, 5) is 63.2. The van der Waals surface area contributed by atoms with Crippen molar-refractivity contribution in [2.75, 3.05) is 23.8 Å². The summed E-state index contributed by atoms with van der Waals surface area (Å²) >= 11 is 16.2. The average Bonchev–Trinajstić information content (AvgIpc) is 4.00. The van der Waals surface area contributed by atoms with E-state index in [1.165, 1.54) is 35.3 Å². The summed E-state index contributed by atoms with van der Waals surface area (Å²) < 4.78 is 72.5. The van der Waals surface area contributed by atoms with E-state index in [0.717, 1.165) is 0 Å². The number of alkyl halides is 1. The molecule has 1 aromatic carbocycles. The molecule has 9 N–H and O–H groups in total. The first kappa shape index (κ1) is 53.2. The third-order valence-corrected chi connectivity index (χ3v) is 21.3. The van der Waals surface area contributed by atoms with Crippen molar-refractivity contribution in [1.29, 1.82) is 0 Å². The van der Waals surface area contributed by atoms with Gasteiger partial charge in [-0.3, -0.25) is 42.9 Å². The Bertz CT molecular complexity index is 2790. The number of imidazole rings is 2. The Kier molecular flexibility index (Phi) is 16.1. The number of anilines is 2. The minimum atomic E-state index is -4.43. The number of thiol groups is 2. The number of aromatic amines is 1. The van der Waals surface area contributed by atoms with Crippen LogP contribution < -0.4 is 28.5 Å². The number of amides is 2. The molecule has 5 aromatic rings. The molecule has 7 heterocycles. The largest absolute Gasteiger partial charge is 0.410 e. The van der Waals surface area contributed by atoms with Crippen LogP contribution in [-0.2, 0) is 48.4 Å². The van der Waals surface area contributed by atoms with Crippen LogP contribution in [0.2, 0.25) is 18.1 Å². The third-order valence-electron chi connectivity index (χ3n) is 11.5. The fourth-order valence-electron chi connectivity index (χ4n) is 7.05. The Hall–Kier alpha value is -3.18. The van der Waals surface area contributed by atoms with Gasteiger partial charge in [-0.2, -0.15) is 4.98 Å². The maximum Gasteiger partial charge on any atom is 0.386 e. The smallest absolute Gasteiger partial charge is 0.386 e. The van der Waals surface area contributed by atoms with Gasteiger partial charge in [0.15, 0.2) is 48.9 Å². The molecular weight excluding hydrogens is 1010 g/mol. The zero-order valence-electron chi connectivity index (χ0n) is 37.3. The van der Waals surface area contributed by atoms with Crippen LogP contribution in [-0.4, -0.2) is 108 Å². The van der Waals surface area contributed by atoms with Crippen molar-refractivity contribution in [3.63, 3.8) is 0 Å². The Morgan fingerprint density at radius 1 is 0.985 bits per heavy atom. The maximum atomic E-state index is 16.9. The summed E-state index contributed by atoms with van der Waals surface area (Å²) in [5.41, 5.74) is -3.53. The Morgan fingerprint density at radius 3 is 2.36 bits per heavy atom. The Morgan fingerprint density at radius 2 is 1.67 bits per heavy atom. The van der Waals surface area contributed by atoms with E-state index < -0.39 is 92.2 Å². The molecule has 0 spiro atoms. The minimum absolute atomic E-state index is 0. The summed E-state index contributed by atoms with van der Waals surface area (Å²) in [5, 5.41) is 3.55. The number of thioether (sulfide) groups is 1. The first-order valence-electron chi connectivity index (χ1n) is 20.3. The SMILES string of the molecule is CC(C)C(=O)Nc1nc2c(ncn2[C@@H]2S[C@@H]3COP(=S)(S)O[C@H]4[C@H](F)[C@H](n5cnc6c(NC(=O)c7ccccc7)ncnc65)O[C@@H]4COP(=O)(S)O[C@@H]2[C@@H]3O[Si](C)(C)C(C)(C)C)c(=O)[nH]1.N.N. The second-order valence-electron chi connectivity index (χ2n) is 17.3. The van der Waals surface area contributed by atoms with Gasteiger partial charge in [-0.15, -0.1) is 11.8 Å². The lowest BCUT2D eigenvalue weighted by Crippen LogP contribution is -2.50. The number of halogens is 1. The van der Waals surface area contributed by atoms with Gasteiger partial charge in [0.25, 0.3) is 11.5 Å². The molecule has 3 fully saturated rings. The molecule has 0 saturated carbocycles. The molecule has 10 atom stereocenters. The van der Waals surface area contributed by atoms with E-state index in [9.17, 15) is 18.9 Å². The van der Waals surface area contributed by atoms with Gasteiger partial charge in [0, 0.05) is 11.5 Å². The number of nitrogens with zero attached hydrogens (tertiary/aromatic N) is 7. The fraction of sp³-hybridized carbons (Fsp3) is 0.514. The number of ether oxygens (including phenoxy) is 1. The molecule has 0 aliphatic carbocycles. The lowest BCUT2D eigenvalue weighted by atomic mass is 10.1. The molecule has 3 aliphatic rings. The summed E-state index contributed by atoms with van der Waals surface area (Å²) in [6.07, 6.45) is -4.30. The van der Waals surface area contributed by atoms with E-state index in [4.69, 9.17) is 39.1 Å². The molecule has 8 rings (SSSR count). The van der Waals surface area contributed by atoms with Crippen molar-refractivity contribution in [2.24, 2.45) is 5.92 Å². The number of H-pyrrole nitrogens is 1. The van der Waals surface area contributed by atoms with Crippen molar-refractivity contribution in [1.82, 2.24) is 51.3 Å². The number of rotatable bonds is 8. The molecule has 2 unspecified atom stereocenters. The number of carbonyl (C=O) groups excluding carboxylic acids is 2. The third kappa shape index (κ3) is 11.1. The molecule has 2 amide bonds. The molecular formula is C37H53FN12O10P2S4Si. The van der Waals surface area contributed by atoms with Crippen LogP contribution in [0.15, 0.2) is 54.1 Å². The van der Waals surface area contributed by atoms with Gasteiger partial charge in [0.05, 0.1) is 37.2 Å². The van der Waals surface area contributed by atoms with E-state index in [2.05, 4.69) is 85.8 Å². The number of hydrogen-bond acceptors (Lipinski definition) is 19. The van der Waals surface area contributed by atoms with Crippen molar-refractivity contribution >= 4 is 115 Å². The summed E-state index contributed by atoms with van der Waals surface area (Å²) in [6, 6.07) is 8.49. The number of carbonyl (C=O) groups is 2. The molecule has 3 saturated heterocycles. The van der Waals surface area contributed by atoms with E-state index in [1.54, 1.807) is 48.7 Å². The average molecular weight is 1060 g/mol.